The standard InChI is InChI=1S/C25H17ClN2O2S3/c26-17-10-11-21-19(15-17)28(18-8-4-5-9-20(18)32-21)23(29)12-13-27-24(30)22(33-25(27)31)14-16-6-2-1-3-7-16/h1-11,14-15H,12-13H2. The van der Waals surface area contributed by atoms with Crippen molar-refractivity contribution in [2.24, 2.45) is 0 Å². The Bertz CT molecular complexity index is 1310. The summed E-state index contributed by atoms with van der Waals surface area (Å²) in [6, 6.07) is 23.0. The number of carbonyl (C=O) groups is 2. The summed E-state index contributed by atoms with van der Waals surface area (Å²) in [5.41, 5.74) is 2.51. The second-order valence-corrected chi connectivity index (χ2v) is 10.6. The van der Waals surface area contributed by atoms with Gasteiger partial charge in [0, 0.05) is 27.8 Å². The largest absolute Gasteiger partial charge is 0.292 e. The van der Waals surface area contributed by atoms with Crippen molar-refractivity contribution in [1.29, 1.82) is 0 Å². The molecule has 0 aromatic heterocycles. The zero-order valence-corrected chi connectivity index (χ0v) is 20.4. The van der Waals surface area contributed by atoms with Gasteiger partial charge in [0.15, 0.2) is 0 Å². The second-order valence-electron chi connectivity index (χ2n) is 7.41. The predicted molar refractivity (Wildman–Crippen MR) is 140 cm³/mol. The van der Waals surface area contributed by atoms with E-state index in [-0.39, 0.29) is 24.8 Å². The highest BCUT2D eigenvalue weighted by atomic mass is 35.5. The summed E-state index contributed by atoms with van der Waals surface area (Å²) in [5, 5.41) is 0.564. The van der Waals surface area contributed by atoms with Gasteiger partial charge in [-0.15, -0.1) is 0 Å². The van der Waals surface area contributed by atoms with E-state index in [1.165, 1.54) is 16.7 Å². The van der Waals surface area contributed by atoms with Crippen molar-refractivity contribution in [3.05, 3.63) is 88.3 Å². The van der Waals surface area contributed by atoms with Gasteiger partial charge in [-0.1, -0.05) is 89.8 Å². The van der Waals surface area contributed by atoms with E-state index in [0.717, 1.165) is 26.7 Å². The van der Waals surface area contributed by atoms with E-state index in [0.29, 0.717) is 14.2 Å². The molecule has 0 unspecified atom stereocenters. The molecule has 2 aliphatic heterocycles. The lowest BCUT2D eigenvalue weighted by molar-refractivity contribution is -0.123. The summed E-state index contributed by atoms with van der Waals surface area (Å²) in [5.74, 6) is -0.285. The molecule has 2 aliphatic rings. The highest BCUT2D eigenvalue weighted by molar-refractivity contribution is 8.26. The Morgan fingerprint density at radius 3 is 2.48 bits per heavy atom. The van der Waals surface area contributed by atoms with Crippen molar-refractivity contribution in [1.82, 2.24) is 4.90 Å². The maximum atomic E-state index is 13.4. The number of carbonyl (C=O) groups excluding carboxylic acids is 2. The Hall–Kier alpha value is -2.58. The lowest BCUT2D eigenvalue weighted by atomic mass is 10.2. The molecule has 3 aromatic rings. The smallest absolute Gasteiger partial charge is 0.266 e. The van der Waals surface area contributed by atoms with E-state index >= 15 is 0 Å². The highest BCUT2D eigenvalue weighted by Gasteiger charge is 2.34. The zero-order chi connectivity index (χ0) is 22.9. The minimum Gasteiger partial charge on any atom is -0.292 e. The normalized spacial score (nSPS) is 16.2. The van der Waals surface area contributed by atoms with Crippen molar-refractivity contribution < 1.29 is 9.59 Å². The number of hydrogen-bond acceptors (Lipinski definition) is 5. The number of hydrogen-bond donors (Lipinski definition) is 0. The van der Waals surface area contributed by atoms with Crippen LogP contribution >= 0.6 is 47.3 Å². The number of rotatable bonds is 4. The Kier molecular flexibility index (Phi) is 6.29. The average molecular weight is 509 g/mol. The number of thioether (sulfide) groups is 1. The van der Waals surface area contributed by atoms with Gasteiger partial charge in [-0.2, -0.15) is 0 Å². The summed E-state index contributed by atoms with van der Waals surface area (Å²) >= 11 is 14.6. The number of thiocarbonyl (C=S) groups is 1. The number of nitrogens with zero attached hydrogens (tertiary/aromatic N) is 2. The number of halogens is 1. The number of benzene rings is 3. The molecule has 1 fully saturated rings. The van der Waals surface area contributed by atoms with Crippen molar-refractivity contribution >= 4 is 80.9 Å². The minimum atomic E-state index is -0.167. The van der Waals surface area contributed by atoms with Crippen LogP contribution in [0.4, 0.5) is 11.4 Å². The van der Waals surface area contributed by atoms with E-state index in [2.05, 4.69) is 0 Å². The molecule has 5 rings (SSSR count). The first-order chi connectivity index (χ1) is 16.0. The van der Waals surface area contributed by atoms with Crippen molar-refractivity contribution in [3.8, 4) is 0 Å². The number of para-hydroxylation sites is 1. The van der Waals surface area contributed by atoms with Crippen LogP contribution in [0.5, 0.6) is 0 Å². The second kappa shape index (κ2) is 9.35. The Labute approximate surface area is 210 Å². The molecule has 164 valence electrons. The van der Waals surface area contributed by atoms with Gasteiger partial charge < -0.3 is 0 Å². The monoisotopic (exact) mass is 508 g/mol. The highest BCUT2D eigenvalue weighted by Crippen LogP contribution is 2.49. The molecule has 8 heteroatoms. The van der Waals surface area contributed by atoms with Crippen LogP contribution in [0, 0.1) is 0 Å². The van der Waals surface area contributed by atoms with E-state index in [1.54, 1.807) is 22.7 Å². The molecule has 0 saturated carbocycles. The van der Waals surface area contributed by atoms with Gasteiger partial charge in [-0.3, -0.25) is 19.4 Å². The number of fused-ring (bicyclic) bond motifs is 2. The van der Waals surface area contributed by atoms with Crippen LogP contribution in [0.2, 0.25) is 5.02 Å². The van der Waals surface area contributed by atoms with Gasteiger partial charge in [0.25, 0.3) is 5.91 Å². The number of amides is 2. The molecule has 0 radical (unpaired) electrons. The van der Waals surface area contributed by atoms with E-state index in [1.807, 2.05) is 72.8 Å². The summed E-state index contributed by atoms with van der Waals surface area (Å²) in [7, 11) is 0. The molecular weight excluding hydrogens is 492 g/mol. The van der Waals surface area contributed by atoms with Crippen molar-refractivity contribution in [2.75, 3.05) is 11.4 Å². The molecule has 33 heavy (non-hydrogen) atoms. The molecule has 0 bridgehead atoms. The first-order valence-corrected chi connectivity index (χ1v) is 12.6. The molecule has 0 aliphatic carbocycles. The first kappa shape index (κ1) is 22.2. The van der Waals surface area contributed by atoms with Gasteiger partial charge in [0.05, 0.1) is 16.3 Å². The third-order valence-corrected chi connectivity index (χ3v) is 8.00. The first-order valence-electron chi connectivity index (χ1n) is 10.2. The van der Waals surface area contributed by atoms with Gasteiger partial charge in [0.1, 0.15) is 4.32 Å². The van der Waals surface area contributed by atoms with Crippen LogP contribution in [0.1, 0.15) is 12.0 Å². The van der Waals surface area contributed by atoms with Crippen LogP contribution in [0.15, 0.2) is 87.5 Å². The van der Waals surface area contributed by atoms with Gasteiger partial charge >= 0.3 is 0 Å². The maximum Gasteiger partial charge on any atom is 0.266 e. The maximum absolute atomic E-state index is 13.4. The molecule has 4 nitrogen and oxygen atoms in total. The summed E-state index contributed by atoms with van der Waals surface area (Å²) in [6.45, 7) is 0.220. The molecule has 0 N–H and O–H groups in total. The fourth-order valence-corrected chi connectivity index (χ4v) is 6.22. The van der Waals surface area contributed by atoms with Crippen molar-refractivity contribution in [3.63, 3.8) is 0 Å². The SMILES string of the molecule is O=C1C(=Cc2ccccc2)SC(=S)N1CCC(=O)N1c2ccccc2Sc2ccc(Cl)cc21. The van der Waals surface area contributed by atoms with Crippen LogP contribution in [-0.2, 0) is 9.59 Å². The van der Waals surface area contributed by atoms with Crippen LogP contribution in [-0.4, -0.2) is 27.6 Å². The lowest BCUT2D eigenvalue weighted by Gasteiger charge is -2.31. The zero-order valence-electron chi connectivity index (χ0n) is 17.2. The topological polar surface area (TPSA) is 40.6 Å². The summed E-state index contributed by atoms with van der Waals surface area (Å²) in [4.78, 5) is 32.1. The van der Waals surface area contributed by atoms with Crippen molar-refractivity contribution in [2.45, 2.75) is 16.2 Å². The molecule has 1 saturated heterocycles. The van der Waals surface area contributed by atoms with E-state index in [4.69, 9.17) is 23.8 Å². The third-order valence-electron chi connectivity index (χ3n) is 5.26. The fraction of sp³-hybridized carbons (Fsp3) is 0.0800. The fourth-order valence-electron chi connectivity index (χ4n) is 3.71. The van der Waals surface area contributed by atoms with Crippen LogP contribution in [0.25, 0.3) is 6.08 Å². The molecular formula is C25H17ClN2O2S3. The van der Waals surface area contributed by atoms with Crippen LogP contribution in [0.3, 0.4) is 0 Å². The summed E-state index contributed by atoms with van der Waals surface area (Å²) in [6.07, 6.45) is 1.97. The Morgan fingerprint density at radius 2 is 1.67 bits per heavy atom. The molecule has 2 heterocycles. The van der Waals surface area contributed by atoms with E-state index < -0.39 is 0 Å². The third kappa shape index (κ3) is 4.46. The van der Waals surface area contributed by atoms with Gasteiger partial charge in [0.2, 0.25) is 5.91 Å². The molecule has 3 aromatic carbocycles. The Balaban J connectivity index is 1.37. The summed E-state index contributed by atoms with van der Waals surface area (Å²) < 4.78 is 0.466. The average Bonchev–Trinajstić information content (AvgIpc) is 3.08. The molecule has 2 amide bonds. The van der Waals surface area contributed by atoms with Gasteiger partial charge in [-0.25, -0.2) is 0 Å². The van der Waals surface area contributed by atoms with E-state index in [9.17, 15) is 9.59 Å². The molecule has 0 atom stereocenters. The quantitative estimate of drug-likeness (QED) is 0.287. The van der Waals surface area contributed by atoms with Gasteiger partial charge in [-0.05, 0) is 42.0 Å². The molecule has 0 spiro atoms. The predicted octanol–water partition coefficient (Wildman–Crippen LogP) is 6.76. The Morgan fingerprint density at radius 1 is 0.939 bits per heavy atom. The lowest BCUT2D eigenvalue weighted by Crippen LogP contribution is -2.35. The van der Waals surface area contributed by atoms with Crippen LogP contribution < -0.4 is 4.90 Å². The minimum absolute atomic E-state index is 0.118. The number of anilines is 2.